The lowest BCUT2D eigenvalue weighted by Gasteiger charge is -2.17. The van der Waals surface area contributed by atoms with E-state index in [1.165, 1.54) is 12.1 Å². The molecule has 7 N–H and O–H groups in total. The van der Waals surface area contributed by atoms with E-state index in [1.54, 1.807) is 50.7 Å². The van der Waals surface area contributed by atoms with Crippen LogP contribution in [0.5, 0.6) is 17.2 Å². The van der Waals surface area contributed by atoms with Gasteiger partial charge in [0, 0.05) is 36.1 Å². The molecular formula is C28H32N6O5S. The van der Waals surface area contributed by atoms with Crippen LogP contribution in [0.4, 0.5) is 23.1 Å². The fourth-order valence-corrected chi connectivity index (χ4v) is 5.31. The lowest BCUT2D eigenvalue weighted by Crippen LogP contribution is -2.09. The summed E-state index contributed by atoms with van der Waals surface area (Å²) < 4.78 is 43.1. The van der Waals surface area contributed by atoms with Gasteiger partial charge in [-0.25, -0.2) is 13.4 Å². The van der Waals surface area contributed by atoms with Crippen molar-refractivity contribution in [2.45, 2.75) is 22.6 Å². The number of ether oxygens (including phenoxy) is 3. The van der Waals surface area contributed by atoms with Crippen LogP contribution in [0.15, 0.2) is 76.7 Å². The van der Waals surface area contributed by atoms with Crippen LogP contribution in [0.25, 0.3) is 0 Å². The molecule has 1 heterocycles. The van der Waals surface area contributed by atoms with E-state index < -0.39 is 9.84 Å². The first-order valence-corrected chi connectivity index (χ1v) is 13.9. The van der Waals surface area contributed by atoms with Gasteiger partial charge in [-0.1, -0.05) is 6.07 Å². The summed E-state index contributed by atoms with van der Waals surface area (Å²) in [7, 11) is -0.551. The summed E-state index contributed by atoms with van der Waals surface area (Å²) in [5.41, 5.74) is 20.0. The minimum atomic E-state index is -3.66. The van der Waals surface area contributed by atoms with Crippen LogP contribution >= 0.6 is 0 Å². The molecular weight excluding hydrogens is 532 g/mol. The monoisotopic (exact) mass is 564 g/mol. The first-order valence-electron chi connectivity index (χ1n) is 12.4. The molecule has 0 saturated carbocycles. The highest BCUT2D eigenvalue weighted by molar-refractivity contribution is 7.91. The molecule has 12 heteroatoms. The Balaban J connectivity index is 1.37. The van der Waals surface area contributed by atoms with Crippen LogP contribution in [0.3, 0.4) is 0 Å². The number of nitrogens with two attached hydrogens (primary N) is 3. The van der Waals surface area contributed by atoms with Crippen LogP contribution in [-0.2, 0) is 16.3 Å². The van der Waals surface area contributed by atoms with Crippen LogP contribution in [0, 0.1) is 0 Å². The van der Waals surface area contributed by atoms with Crippen molar-refractivity contribution in [3.8, 4) is 17.2 Å². The molecule has 4 aromatic rings. The van der Waals surface area contributed by atoms with Gasteiger partial charge in [-0.15, -0.1) is 0 Å². The van der Waals surface area contributed by atoms with Crippen LogP contribution in [0.1, 0.15) is 17.5 Å². The highest BCUT2D eigenvalue weighted by Gasteiger charge is 2.18. The van der Waals surface area contributed by atoms with Crippen LogP contribution < -0.4 is 36.7 Å². The Labute approximate surface area is 233 Å². The second kappa shape index (κ2) is 12.4. The lowest BCUT2D eigenvalue weighted by molar-refractivity contribution is 0.273. The highest BCUT2D eigenvalue weighted by atomic mass is 32.2. The Morgan fingerprint density at radius 2 is 1.60 bits per heavy atom. The average molecular weight is 565 g/mol. The molecule has 4 rings (SSSR count). The fraction of sp³-hybridized carbons (Fsp3) is 0.214. The van der Waals surface area contributed by atoms with E-state index in [9.17, 15) is 8.42 Å². The number of aromatic nitrogens is 2. The van der Waals surface area contributed by atoms with Gasteiger partial charge in [-0.05, 0) is 66.6 Å². The van der Waals surface area contributed by atoms with Gasteiger partial charge >= 0.3 is 0 Å². The van der Waals surface area contributed by atoms with Crippen molar-refractivity contribution in [1.82, 2.24) is 9.97 Å². The summed E-state index contributed by atoms with van der Waals surface area (Å²) in [6.07, 6.45) is 2.68. The molecule has 0 aliphatic rings. The molecule has 0 saturated heterocycles. The molecule has 1 aromatic heterocycles. The Hall–Kier alpha value is -4.71. The molecule has 3 aromatic carbocycles. The Morgan fingerprint density at radius 1 is 0.900 bits per heavy atom. The normalized spacial score (nSPS) is 11.2. The van der Waals surface area contributed by atoms with Crippen molar-refractivity contribution < 1.29 is 22.6 Å². The second-order valence-electron chi connectivity index (χ2n) is 8.87. The summed E-state index contributed by atoms with van der Waals surface area (Å²) in [6.45, 7) is 0.908. The van der Waals surface area contributed by atoms with Gasteiger partial charge in [0.2, 0.25) is 21.5 Å². The maximum absolute atomic E-state index is 13.0. The van der Waals surface area contributed by atoms with E-state index in [0.717, 1.165) is 11.1 Å². The third-order valence-corrected chi connectivity index (χ3v) is 7.83. The summed E-state index contributed by atoms with van der Waals surface area (Å²) >= 11 is 0. The minimum Gasteiger partial charge on any atom is -0.493 e. The van der Waals surface area contributed by atoms with E-state index in [1.807, 2.05) is 18.2 Å². The molecule has 210 valence electrons. The van der Waals surface area contributed by atoms with Gasteiger partial charge in [0.1, 0.15) is 5.82 Å². The zero-order chi connectivity index (χ0) is 28.7. The summed E-state index contributed by atoms with van der Waals surface area (Å²) in [4.78, 5) is 8.40. The van der Waals surface area contributed by atoms with Crippen molar-refractivity contribution in [3.05, 3.63) is 78.0 Å². The molecule has 40 heavy (non-hydrogen) atoms. The molecule has 11 nitrogen and oxygen atoms in total. The summed E-state index contributed by atoms with van der Waals surface area (Å²) in [5.74, 6) is 1.93. The summed E-state index contributed by atoms with van der Waals surface area (Å²) in [5, 5.41) is 3.25. The quantitative estimate of drug-likeness (QED) is 0.146. The largest absolute Gasteiger partial charge is 0.493 e. The highest BCUT2D eigenvalue weighted by Crippen LogP contribution is 2.39. The van der Waals surface area contributed by atoms with Crippen molar-refractivity contribution in [2.24, 2.45) is 0 Å². The third kappa shape index (κ3) is 6.64. The second-order valence-corrected chi connectivity index (χ2v) is 10.8. The third-order valence-electron chi connectivity index (χ3n) is 6.06. The fourth-order valence-electron chi connectivity index (χ4n) is 4.00. The SMILES string of the molecule is COc1cc(Cc2cnc(N)nc2N)cc(OC)c1OCCCNc1cccc(S(=O)(=O)c2ccc(N)cc2)c1. The van der Waals surface area contributed by atoms with Gasteiger partial charge < -0.3 is 36.7 Å². The van der Waals surface area contributed by atoms with Gasteiger partial charge in [-0.3, -0.25) is 0 Å². The molecule has 0 aliphatic carbocycles. The minimum absolute atomic E-state index is 0.116. The first kappa shape index (κ1) is 28.3. The van der Waals surface area contributed by atoms with E-state index in [2.05, 4.69) is 15.3 Å². The van der Waals surface area contributed by atoms with Crippen molar-refractivity contribution in [1.29, 1.82) is 0 Å². The zero-order valence-corrected chi connectivity index (χ0v) is 23.1. The zero-order valence-electron chi connectivity index (χ0n) is 22.3. The van der Waals surface area contributed by atoms with Crippen LogP contribution in [-0.4, -0.2) is 45.8 Å². The Morgan fingerprint density at radius 3 is 2.25 bits per heavy atom. The van der Waals surface area contributed by atoms with Crippen molar-refractivity contribution in [3.63, 3.8) is 0 Å². The van der Waals surface area contributed by atoms with Crippen LogP contribution in [0.2, 0.25) is 0 Å². The Kier molecular flexibility index (Phi) is 8.80. The predicted octanol–water partition coefficient (Wildman–Crippen LogP) is 3.55. The Bertz CT molecular complexity index is 1550. The summed E-state index contributed by atoms with van der Waals surface area (Å²) in [6, 6.07) is 16.5. The molecule has 0 atom stereocenters. The van der Waals surface area contributed by atoms with E-state index in [0.29, 0.717) is 60.4 Å². The molecule has 0 amide bonds. The maximum atomic E-state index is 13.0. The molecule has 0 spiro atoms. The number of nitrogens with zero attached hydrogens (tertiary/aromatic N) is 2. The number of rotatable bonds is 12. The number of sulfone groups is 1. The topological polar surface area (TPSA) is 178 Å². The predicted molar refractivity (Wildman–Crippen MR) is 155 cm³/mol. The number of methoxy groups -OCH3 is 2. The number of nitrogens with one attached hydrogen (secondary N) is 1. The van der Waals surface area contributed by atoms with Gasteiger partial charge in [-0.2, -0.15) is 4.98 Å². The molecule has 0 bridgehead atoms. The van der Waals surface area contributed by atoms with Crippen molar-refractivity contribution >= 4 is 33.0 Å². The van der Waals surface area contributed by atoms with Gasteiger partial charge in [0.25, 0.3) is 0 Å². The number of anilines is 4. The number of hydrogen-bond acceptors (Lipinski definition) is 11. The average Bonchev–Trinajstić information content (AvgIpc) is 2.95. The molecule has 0 radical (unpaired) electrons. The maximum Gasteiger partial charge on any atom is 0.221 e. The molecule has 0 aliphatic heterocycles. The van der Waals surface area contributed by atoms with Gasteiger partial charge in [0.15, 0.2) is 11.5 Å². The number of nitrogen functional groups attached to an aromatic ring is 3. The smallest absolute Gasteiger partial charge is 0.221 e. The van der Waals surface area contributed by atoms with E-state index in [4.69, 9.17) is 31.4 Å². The first-order chi connectivity index (χ1) is 19.2. The van der Waals surface area contributed by atoms with E-state index >= 15 is 0 Å². The van der Waals surface area contributed by atoms with Crippen molar-refractivity contribution in [2.75, 3.05) is 49.9 Å². The van der Waals surface area contributed by atoms with Gasteiger partial charge in [0.05, 0.1) is 30.6 Å². The number of benzene rings is 3. The molecule has 0 fully saturated rings. The number of hydrogen-bond donors (Lipinski definition) is 4. The lowest BCUT2D eigenvalue weighted by atomic mass is 10.1. The molecule has 0 unspecified atom stereocenters. The standard InChI is InChI=1S/C28H32N6O5S/c1-37-24-14-18(13-19-17-33-28(31)34-27(19)30)15-25(38-2)26(24)39-12-4-11-32-21-5-3-6-23(16-21)40(35,36)22-9-7-20(29)8-10-22/h3,5-10,14-17,32H,4,11-13,29H2,1-2H3,(H4,30,31,33,34). The van der Waals surface area contributed by atoms with E-state index in [-0.39, 0.29) is 15.7 Å².